The fourth-order valence-electron chi connectivity index (χ4n) is 2.23. The van der Waals surface area contributed by atoms with Crippen LogP contribution in [0.4, 0.5) is 8.78 Å². The fourth-order valence-corrected chi connectivity index (χ4v) is 3.55. The summed E-state index contributed by atoms with van der Waals surface area (Å²) in [5.74, 6) is -0.773. The predicted octanol–water partition coefficient (Wildman–Crippen LogP) is 2.73. The molecule has 23 heavy (non-hydrogen) atoms. The van der Waals surface area contributed by atoms with E-state index in [-0.39, 0.29) is 6.79 Å². The Morgan fingerprint density at radius 2 is 1.83 bits per heavy atom. The third-order valence-corrected chi connectivity index (χ3v) is 4.97. The van der Waals surface area contributed by atoms with Crippen LogP contribution in [-0.4, -0.2) is 15.2 Å². The smallest absolute Gasteiger partial charge is 0.244 e. The van der Waals surface area contributed by atoms with E-state index < -0.39 is 32.6 Å². The first kappa shape index (κ1) is 15.7. The van der Waals surface area contributed by atoms with Crippen molar-refractivity contribution in [2.75, 3.05) is 6.79 Å². The highest BCUT2D eigenvalue weighted by Gasteiger charge is 2.24. The SMILES string of the molecule is C[C@@H](NS(=O)(=O)c1cc(F)ccc1F)c1ccc2c(c1)OCO2. The molecule has 1 atom stereocenters. The van der Waals surface area contributed by atoms with E-state index in [9.17, 15) is 17.2 Å². The van der Waals surface area contributed by atoms with E-state index >= 15 is 0 Å². The van der Waals surface area contributed by atoms with E-state index in [0.717, 1.165) is 12.1 Å². The van der Waals surface area contributed by atoms with E-state index in [1.165, 1.54) is 0 Å². The maximum atomic E-state index is 13.7. The van der Waals surface area contributed by atoms with Crippen LogP contribution in [-0.2, 0) is 10.0 Å². The fraction of sp³-hybridized carbons (Fsp3) is 0.200. The Kier molecular flexibility index (Phi) is 3.95. The molecule has 0 saturated carbocycles. The largest absolute Gasteiger partial charge is 0.454 e. The number of hydrogen-bond acceptors (Lipinski definition) is 4. The van der Waals surface area contributed by atoms with E-state index in [4.69, 9.17) is 9.47 Å². The summed E-state index contributed by atoms with van der Waals surface area (Å²) in [4.78, 5) is -0.731. The lowest BCUT2D eigenvalue weighted by molar-refractivity contribution is 0.174. The van der Waals surface area contributed by atoms with Crippen molar-refractivity contribution in [3.05, 3.63) is 53.6 Å². The molecule has 2 aromatic rings. The van der Waals surface area contributed by atoms with Gasteiger partial charge in [-0.2, -0.15) is 0 Å². The number of fused-ring (bicyclic) bond motifs is 1. The van der Waals surface area contributed by atoms with Crippen molar-refractivity contribution in [3.8, 4) is 11.5 Å². The maximum Gasteiger partial charge on any atom is 0.244 e. The van der Waals surface area contributed by atoms with E-state index in [1.807, 2.05) is 0 Å². The van der Waals surface area contributed by atoms with Crippen LogP contribution in [0, 0.1) is 11.6 Å². The third-order valence-electron chi connectivity index (χ3n) is 3.41. The molecule has 0 amide bonds. The molecule has 1 heterocycles. The molecule has 3 rings (SSSR count). The Bertz CT molecular complexity index is 855. The average Bonchev–Trinajstić information content (AvgIpc) is 2.96. The van der Waals surface area contributed by atoms with Crippen LogP contribution in [0.25, 0.3) is 0 Å². The van der Waals surface area contributed by atoms with Crippen molar-refractivity contribution in [2.45, 2.75) is 17.9 Å². The van der Waals surface area contributed by atoms with Crippen molar-refractivity contribution < 1.29 is 26.7 Å². The second-order valence-electron chi connectivity index (χ2n) is 5.03. The van der Waals surface area contributed by atoms with Crippen molar-refractivity contribution in [3.63, 3.8) is 0 Å². The lowest BCUT2D eigenvalue weighted by atomic mass is 10.1. The van der Waals surface area contributed by atoms with Gasteiger partial charge in [0.15, 0.2) is 11.5 Å². The highest BCUT2D eigenvalue weighted by atomic mass is 32.2. The lowest BCUT2D eigenvalue weighted by Crippen LogP contribution is -2.27. The molecule has 0 radical (unpaired) electrons. The highest BCUT2D eigenvalue weighted by Crippen LogP contribution is 2.34. The standard InChI is InChI=1S/C15H13F2NO4S/c1-9(10-2-5-13-14(6-10)22-8-21-13)18-23(19,20)15-7-11(16)3-4-12(15)17/h2-7,9,18H,8H2,1H3/t9-/m1/s1. The van der Waals surface area contributed by atoms with Gasteiger partial charge in [0.2, 0.25) is 16.8 Å². The van der Waals surface area contributed by atoms with Gasteiger partial charge in [0.25, 0.3) is 0 Å². The summed E-state index contributed by atoms with van der Waals surface area (Å²) in [5, 5.41) is 0. The molecule has 0 spiro atoms. The molecule has 0 fully saturated rings. The quantitative estimate of drug-likeness (QED) is 0.929. The third kappa shape index (κ3) is 3.13. The minimum absolute atomic E-state index is 0.105. The molecule has 1 N–H and O–H groups in total. The number of sulfonamides is 1. The van der Waals surface area contributed by atoms with Crippen LogP contribution in [0.1, 0.15) is 18.5 Å². The molecular formula is C15H13F2NO4S. The minimum Gasteiger partial charge on any atom is -0.454 e. The van der Waals surface area contributed by atoms with Gasteiger partial charge in [0.05, 0.1) is 0 Å². The Morgan fingerprint density at radius 3 is 2.61 bits per heavy atom. The summed E-state index contributed by atoms with van der Waals surface area (Å²) in [6.45, 7) is 1.69. The van der Waals surface area contributed by atoms with Gasteiger partial charge in [-0.05, 0) is 42.8 Å². The molecule has 0 aliphatic carbocycles. The summed E-state index contributed by atoms with van der Waals surface area (Å²) in [5.41, 5.74) is 0.606. The van der Waals surface area contributed by atoms with Gasteiger partial charge in [-0.3, -0.25) is 0 Å². The summed E-state index contributed by atoms with van der Waals surface area (Å²) in [7, 11) is -4.21. The molecule has 2 aromatic carbocycles. The Morgan fingerprint density at radius 1 is 1.09 bits per heavy atom. The first-order valence-electron chi connectivity index (χ1n) is 6.74. The van der Waals surface area contributed by atoms with Gasteiger partial charge in [0, 0.05) is 6.04 Å². The van der Waals surface area contributed by atoms with E-state index in [2.05, 4.69) is 4.72 Å². The number of benzene rings is 2. The summed E-state index contributed by atoms with van der Waals surface area (Å²) < 4.78 is 64.1. The van der Waals surface area contributed by atoms with Crippen LogP contribution in [0.2, 0.25) is 0 Å². The van der Waals surface area contributed by atoms with Crippen LogP contribution >= 0.6 is 0 Å². The van der Waals surface area contributed by atoms with Gasteiger partial charge in [0.1, 0.15) is 16.5 Å². The zero-order chi connectivity index (χ0) is 16.6. The number of nitrogens with one attached hydrogen (secondary N) is 1. The number of halogens is 2. The van der Waals surface area contributed by atoms with Crippen molar-refractivity contribution in [1.82, 2.24) is 4.72 Å². The van der Waals surface area contributed by atoms with E-state index in [0.29, 0.717) is 23.1 Å². The van der Waals surface area contributed by atoms with Crippen LogP contribution in [0.5, 0.6) is 11.5 Å². The van der Waals surface area contributed by atoms with Gasteiger partial charge in [-0.25, -0.2) is 21.9 Å². The lowest BCUT2D eigenvalue weighted by Gasteiger charge is -2.15. The first-order valence-corrected chi connectivity index (χ1v) is 8.22. The Balaban J connectivity index is 1.86. The number of hydrogen-bond donors (Lipinski definition) is 1. The highest BCUT2D eigenvalue weighted by molar-refractivity contribution is 7.89. The average molecular weight is 341 g/mol. The molecule has 122 valence electrons. The molecule has 1 aliphatic rings. The second kappa shape index (κ2) is 5.78. The van der Waals surface area contributed by atoms with E-state index in [1.54, 1.807) is 25.1 Å². The minimum atomic E-state index is -4.21. The van der Waals surface area contributed by atoms with Crippen molar-refractivity contribution in [2.24, 2.45) is 0 Å². The Labute approximate surface area is 131 Å². The topological polar surface area (TPSA) is 64.6 Å². The van der Waals surface area contributed by atoms with Gasteiger partial charge in [-0.15, -0.1) is 0 Å². The monoisotopic (exact) mass is 341 g/mol. The zero-order valence-corrected chi connectivity index (χ0v) is 12.9. The summed E-state index contributed by atoms with van der Waals surface area (Å²) in [6, 6.07) is 6.57. The second-order valence-corrected chi connectivity index (χ2v) is 6.71. The normalized spacial score (nSPS) is 14.7. The predicted molar refractivity (Wildman–Crippen MR) is 77.7 cm³/mol. The van der Waals surface area contributed by atoms with Gasteiger partial charge in [-0.1, -0.05) is 6.07 Å². The van der Waals surface area contributed by atoms with Crippen molar-refractivity contribution >= 4 is 10.0 Å². The van der Waals surface area contributed by atoms with Crippen LogP contribution in [0.15, 0.2) is 41.3 Å². The summed E-state index contributed by atoms with van der Waals surface area (Å²) in [6.07, 6.45) is 0. The summed E-state index contributed by atoms with van der Waals surface area (Å²) >= 11 is 0. The zero-order valence-electron chi connectivity index (χ0n) is 12.0. The molecule has 0 bridgehead atoms. The molecule has 0 saturated heterocycles. The molecule has 0 aromatic heterocycles. The molecule has 5 nitrogen and oxygen atoms in total. The molecule has 1 aliphatic heterocycles. The molecular weight excluding hydrogens is 328 g/mol. The first-order chi connectivity index (χ1) is 10.9. The Hall–Kier alpha value is -2.19. The van der Waals surface area contributed by atoms with Gasteiger partial charge >= 0.3 is 0 Å². The number of ether oxygens (including phenoxy) is 2. The molecule has 8 heteroatoms. The van der Waals surface area contributed by atoms with Crippen molar-refractivity contribution in [1.29, 1.82) is 0 Å². The number of rotatable bonds is 4. The van der Waals surface area contributed by atoms with Gasteiger partial charge < -0.3 is 9.47 Å². The van der Waals surface area contributed by atoms with Crippen LogP contribution < -0.4 is 14.2 Å². The maximum absolute atomic E-state index is 13.7. The molecule has 0 unspecified atom stereocenters. The van der Waals surface area contributed by atoms with Crippen LogP contribution in [0.3, 0.4) is 0 Å².